The van der Waals surface area contributed by atoms with Gasteiger partial charge >= 0.3 is 0 Å². The van der Waals surface area contributed by atoms with Crippen LogP contribution in [0.15, 0.2) is 24.3 Å². The number of unbranched alkanes of at least 4 members (excludes halogenated alkanes) is 37. The summed E-state index contributed by atoms with van der Waals surface area (Å²) in [6, 6.07) is -0.811. The van der Waals surface area contributed by atoms with Crippen molar-refractivity contribution in [1.29, 1.82) is 0 Å². The number of amides is 1. The van der Waals surface area contributed by atoms with Gasteiger partial charge in [0.25, 0.3) is 0 Å². The fourth-order valence-electron chi connectivity index (χ4n) is 8.03. The largest absolute Gasteiger partial charge is 0.394 e. The number of aliphatic hydroxyl groups excluding tert-OH is 3. The summed E-state index contributed by atoms with van der Waals surface area (Å²) in [7, 11) is 0. The summed E-state index contributed by atoms with van der Waals surface area (Å²) >= 11 is 0. The molecule has 0 radical (unpaired) electrons. The van der Waals surface area contributed by atoms with Crippen LogP contribution in [0.5, 0.6) is 0 Å². The van der Waals surface area contributed by atoms with Crippen LogP contribution in [0.4, 0.5) is 0 Å². The highest BCUT2D eigenvalue weighted by molar-refractivity contribution is 5.80. The third-order valence-electron chi connectivity index (χ3n) is 12.0. The van der Waals surface area contributed by atoms with Gasteiger partial charge in [0.05, 0.1) is 18.8 Å². The molecular weight excluding hydrogens is 703 g/mol. The highest BCUT2D eigenvalue weighted by Gasteiger charge is 2.22. The number of rotatable bonds is 47. The predicted molar refractivity (Wildman–Crippen MR) is 250 cm³/mol. The Labute approximate surface area is 356 Å². The first kappa shape index (κ1) is 55.8. The summed E-state index contributed by atoms with van der Waals surface area (Å²) < 4.78 is 0. The molecule has 5 nitrogen and oxygen atoms in total. The fourth-order valence-corrected chi connectivity index (χ4v) is 8.03. The topological polar surface area (TPSA) is 89.8 Å². The van der Waals surface area contributed by atoms with Crippen LogP contribution in [0.3, 0.4) is 0 Å². The molecule has 0 aromatic rings. The molecule has 4 N–H and O–H groups in total. The molecule has 3 unspecified atom stereocenters. The zero-order valence-corrected chi connectivity index (χ0v) is 38.5. The first-order chi connectivity index (χ1) is 28.1. The Morgan fingerprint density at radius 1 is 0.421 bits per heavy atom. The van der Waals surface area contributed by atoms with E-state index >= 15 is 0 Å². The van der Waals surface area contributed by atoms with Gasteiger partial charge < -0.3 is 20.6 Å². The van der Waals surface area contributed by atoms with Crippen molar-refractivity contribution >= 4 is 5.91 Å². The monoisotopic (exact) mass is 804 g/mol. The van der Waals surface area contributed by atoms with E-state index in [0.717, 1.165) is 38.5 Å². The van der Waals surface area contributed by atoms with Crippen LogP contribution in [0.25, 0.3) is 0 Å². The summed E-state index contributed by atoms with van der Waals surface area (Å²) in [6.45, 7) is 4.20. The third kappa shape index (κ3) is 42.8. The molecule has 0 spiro atoms. The summed E-state index contributed by atoms with van der Waals surface area (Å²) in [6.07, 6.45) is 59.5. The molecule has 0 aromatic carbocycles. The van der Waals surface area contributed by atoms with Crippen LogP contribution >= 0.6 is 0 Å². The molecule has 0 saturated carbocycles. The zero-order chi connectivity index (χ0) is 41.5. The van der Waals surface area contributed by atoms with E-state index in [1.54, 1.807) is 6.08 Å². The van der Waals surface area contributed by atoms with Crippen molar-refractivity contribution in [3.05, 3.63) is 24.3 Å². The minimum Gasteiger partial charge on any atom is -0.394 e. The summed E-state index contributed by atoms with van der Waals surface area (Å²) in [5.74, 6) is -0.508. The molecule has 0 rings (SSSR count). The number of nitrogens with one attached hydrogen (secondary N) is 1. The van der Waals surface area contributed by atoms with Crippen molar-refractivity contribution in [3.8, 4) is 0 Å². The van der Waals surface area contributed by atoms with Gasteiger partial charge in [0.15, 0.2) is 0 Å². The maximum absolute atomic E-state index is 12.5. The van der Waals surface area contributed by atoms with Crippen molar-refractivity contribution < 1.29 is 20.1 Å². The lowest BCUT2D eigenvalue weighted by molar-refractivity contribution is -0.131. The molecule has 3 atom stereocenters. The van der Waals surface area contributed by atoms with Gasteiger partial charge in [-0.05, 0) is 32.1 Å². The average Bonchev–Trinajstić information content (AvgIpc) is 3.22. The van der Waals surface area contributed by atoms with Gasteiger partial charge in [0.1, 0.15) is 6.10 Å². The lowest BCUT2D eigenvalue weighted by Gasteiger charge is -2.21. The Hall–Kier alpha value is -1.17. The normalized spacial score (nSPS) is 13.6. The predicted octanol–water partition coefficient (Wildman–Crippen LogP) is 15.3. The lowest BCUT2D eigenvalue weighted by Crippen LogP contribution is -2.48. The van der Waals surface area contributed by atoms with E-state index in [1.807, 2.05) is 6.08 Å². The fraction of sp³-hybridized carbons (Fsp3) is 0.904. The van der Waals surface area contributed by atoms with E-state index in [1.165, 1.54) is 218 Å². The molecule has 0 aromatic heterocycles. The summed E-state index contributed by atoms with van der Waals surface area (Å²) in [5, 5.41) is 33.3. The van der Waals surface area contributed by atoms with Gasteiger partial charge in [-0.1, -0.05) is 269 Å². The van der Waals surface area contributed by atoms with Gasteiger partial charge in [0.2, 0.25) is 5.91 Å². The average molecular weight is 804 g/mol. The van der Waals surface area contributed by atoms with E-state index in [2.05, 4.69) is 31.3 Å². The smallest absolute Gasteiger partial charge is 0.249 e. The number of aliphatic hydroxyl groups is 3. The number of carbonyl (C=O) groups excluding carboxylic acids is 1. The number of hydrogen-bond acceptors (Lipinski definition) is 4. The highest BCUT2D eigenvalue weighted by Crippen LogP contribution is 2.17. The maximum Gasteiger partial charge on any atom is 0.249 e. The molecule has 0 bridgehead atoms. The Kier molecular flexibility index (Phi) is 46.5. The van der Waals surface area contributed by atoms with E-state index < -0.39 is 24.2 Å². The zero-order valence-electron chi connectivity index (χ0n) is 38.5. The van der Waals surface area contributed by atoms with Gasteiger partial charge in [0, 0.05) is 0 Å². The Morgan fingerprint density at radius 3 is 1.07 bits per heavy atom. The molecule has 0 fully saturated rings. The van der Waals surface area contributed by atoms with Gasteiger partial charge in [-0.2, -0.15) is 0 Å². The van der Waals surface area contributed by atoms with Crippen molar-refractivity contribution in [1.82, 2.24) is 5.32 Å². The second kappa shape index (κ2) is 47.5. The molecular formula is C52H101NO4. The maximum atomic E-state index is 12.5. The quantitative estimate of drug-likeness (QED) is 0.0364. The molecule has 0 aliphatic heterocycles. The van der Waals surface area contributed by atoms with E-state index in [4.69, 9.17) is 0 Å². The second-order valence-electron chi connectivity index (χ2n) is 17.7. The van der Waals surface area contributed by atoms with Crippen LogP contribution in [0.2, 0.25) is 0 Å². The first-order valence-electron chi connectivity index (χ1n) is 25.7. The van der Waals surface area contributed by atoms with Crippen molar-refractivity contribution in [2.45, 2.75) is 295 Å². The van der Waals surface area contributed by atoms with Crippen LogP contribution in [0.1, 0.15) is 277 Å². The summed E-state index contributed by atoms with van der Waals surface area (Å²) in [4.78, 5) is 12.5. The van der Waals surface area contributed by atoms with Crippen LogP contribution in [-0.4, -0.2) is 46.1 Å². The van der Waals surface area contributed by atoms with Crippen LogP contribution < -0.4 is 5.32 Å². The Morgan fingerprint density at radius 2 is 0.719 bits per heavy atom. The third-order valence-corrected chi connectivity index (χ3v) is 12.0. The molecule has 0 saturated heterocycles. The van der Waals surface area contributed by atoms with Gasteiger partial charge in [-0.15, -0.1) is 0 Å². The molecule has 338 valence electrons. The SMILES string of the molecule is CCCCCCCCCCCCCCC/C=C/CC/C=C/C(O)C(CO)NC(=O)C(O)CCCCCCCCCCCCCCCCCCCCCCCCCC. The standard InChI is InChI=1S/C52H101NO4/c1-3-5-7-9-11-13-15-17-19-21-23-24-25-26-27-29-31-33-35-37-39-41-43-45-47-51(56)52(57)53-49(48-54)50(55)46-44-42-40-38-36-34-32-30-28-22-20-18-16-14-12-10-8-6-4-2/h36,38,44,46,49-51,54-56H,3-35,37,39-43,45,47-48H2,1-2H3,(H,53,57)/b38-36+,46-44+. The molecule has 1 amide bonds. The van der Waals surface area contributed by atoms with Gasteiger partial charge in [-0.25, -0.2) is 0 Å². The first-order valence-corrected chi connectivity index (χ1v) is 25.7. The number of allylic oxidation sites excluding steroid dienone is 3. The van der Waals surface area contributed by atoms with Crippen molar-refractivity contribution in [3.63, 3.8) is 0 Å². The summed E-state index contributed by atoms with van der Waals surface area (Å²) in [5.41, 5.74) is 0. The van der Waals surface area contributed by atoms with E-state index in [9.17, 15) is 20.1 Å². The number of carbonyl (C=O) groups is 1. The van der Waals surface area contributed by atoms with Crippen LogP contribution in [0, 0.1) is 0 Å². The molecule has 57 heavy (non-hydrogen) atoms. The molecule has 0 aliphatic carbocycles. The Bertz CT molecular complexity index is 844. The molecule has 0 aliphatic rings. The lowest BCUT2D eigenvalue weighted by atomic mass is 10.0. The minimum atomic E-state index is -1.10. The van der Waals surface area contributed by atoms with E-state index in [-0.39, 0.29) is 6.61 Å². The van der Waals surface area contributed by atoms with Crippen LogP contribution in [-0.2, 0) is 4.79 Å². The number of hydrogen-bond donors (Lipinski definition) is 4. The Balaban J connectivity index is 3.61. The minimum absolute atomic E-state index is 0.373. The highest BCUT2D eigenvalue weighted by atomic mass is 16.3. The van der Waals surface area contributed by atoms with Crippen molar-refractivity contribution in [2.75, 3.05) is 6.61 Å². The van der Waals surface area contributed by atoms with Gasteiger partial charge in [-0.3, -0.25) is 4.79 Å². The second-order valence-corrected chi connectivity index (χ2v) is 17.7. The van der Waals surface area contributed by atoms with E-state index in [0.29, 0.717) is 6.42 Å². The van der Waals surface area contributed by atoms with Crippen molar-refractivity contribution in [2.24, 2.45) is 0 Å². The molecule has 5 heteroatoms. The molecule has 0 heterocycles.